The van der Waals surface area contributed by atoms with Gasteiger partial charge in [-0.15, -0.1) is 0 Å². The van der Waals surface area contributed by atoms with Crippen molar-refractivity contribution in [1.82, 2.24) is 5.32 Å². The van der Waals surface area contributed by atoms with E-state index in [9.17, 15) is 0 Å². The van der Waals surface area contributed by atoms with E-state index in [4.69, 9.17) is 23.2 Å². The quantitative estimate of drug-likeness (QED) is 0.807. The smallest absolute Gasteiger partial charge is 0.0499 e. The summed E-state index contributed by atoms with van der Waals surface area (Å²) in [5.41, 5.74) is 4.86. The third kappa shape index (κ3) is 2.32. The maximum atomic E-state index is 6.34. The second-order valence-corrected chi connectivity index (χ2v) is 6.62. The molecule has 1 saturated heterocycles. The van der Waals surface area contributed by atoms with Gasteiger partial charge in [0.1, 0.15) is 0 Å². The van der Waals surface area contributed by atoms with Gasteiger partial charge in [-0.2, -0.15) is 0 Å². The summed E-state index contributed by atoms with van der Waals surface area (Å²) in [6.45, 7) is 2.14. The van der Waals surface area contributed by atoms with E-state index in [2.05, 4.69) is 28.8 Å². The fraction of sp³-hybridized carbons (Fsp3) is 0.294. The van der Waals surface area contributed by atoms with Crippen molar-refractivity contribution in [2.75, 3.05) is 18.4 Å². The van der Waals surface area contributed by atoms with Gasteiger partial charge in [-0.3, -0.25) is 0 Å². The maximum absolute atomic E-state index is 6.34. The lowest BCUT2D eigenvalue weighted by Crippen LogP contribution is -2.38. The second kappa shape index (κ2) is 5.20. The van der Waals surface area contributed by atoms with Gasteiger partial charge in [0.2, 0.25) is 0 Å². The summed E-state index contributed by atoms with van der Waals surface area (Å²) < 4.78 is 0. The van der Waals surface area contributed by atoms with Gasteiger partial charge in [-0.1, -0.05) is 35.3 Å². The lowest BCUT2D eigenvalue weighted by Gasteiger charge is -2.26. The monoisotopic (exact) mass is 318 g/mol. The molecule has 0 saturated carbocycles. The van der Waals surface area contributed by atoms with Crippen LogP contribution in [0.3, 0.4) is 0 Å². The molecule has 108 valence electrons. The molecular formula is C17H16Cl2N2. The fourth-order valence-corrected chi connectivity index (χ4v) is 3.97. The third-order valence-electron chi connectivity index (χ3n) is 4.52. The number of fused-ring (bicyclic) bond motifs is 3. The van der Waals surface area contributed by atoms with Crippen molar-refractivity contribution >= 4 is 28.9 Å². The average Bonchev–Trinajstić information content (AvgIpc) is 2.85. The van der Waals surface area contributed by atoms with E-state index in [-0.39, 0.29) is 0 Å². The molecule has 2 nitrogen and oxygen atoms in total. The van der Waals surface area contributed by atoms with Crippen molar-refractivity contribution in [2.45, 2.75) is 18.4 Å². The number of benzene rings is 2. The summed E-state index contributed by atoms with van der Waals surface area (Å²) in [6.07, 6.45) is 1.18. The van der Waals surface area contributed by atoms with Crippen LogP contribution in [-0.4, -0.2) is 19.1 Å². The van der Waals surface area contributed by atoms with E-state index >= 15 is 0 Å². The first-order chi connectivity index (χ1) is 10.2. The van der Waals surface area contributed by atoms with Crippen LogP contribution in [0.2, 0.25) is 10.0 Å². The Morgan fingerprint density at radius 3 is 2.81 bits per heavy atom. The Balaban J connectivity index is 1.76. The van der Waals surface area contributed by atoms with Crippen molar-refractivity contribution in [1.29, 1.82) is 0 Å². The van der Waals surface area contributed by atoms with E-state index in [0.29, 0.717) is 22.0 Å². The van der Waals surface area contributed by atoms with Gasteiger partial charge < -0.3 is 10.6 Å². The zero-order valence-electron chi connectivity index (χ0n) is 11.5. The molecule has 1 fully saturated rings. The molecule has 0 aromatic heterocycles. The van der Waals surface area contributed by atoms with Gasteiger partial charge in [-0.25, -0.2) is 0 Å². The van der Waals surface area contributed by atoms with Crippen LogP contribution < -0.4 is 10.6 Å². The van der Waals surface area contributed by atoms with Crippen molar-refractivity contribution in [3.63, 3.8) is 0 Å². The van der Waals surface area contributed by atoms with Crippen molar-refractivity contribution in [3.05, 3.63) is 52.0 Å². The molecule has 0 spiro atoms. The number of hydrogen-bond donors (Lipinski definition) is 2. The van der Waals surface area contributed by atoms with Crippen molar-refractivity contribution in [2.24, 2.45) is 0 Å². The lowest BCUT2D eigenvalue weighted by atomic mass is 9.89. The van der Waals surface area contributed by atoms with Crippen LogP contribution in [0.25, 0.3) is 11.1 Å². The summed E-state index contributed by atoms with van der Waals surface area (Å²) in [4.78, 5) is 0. The Bertz CT molecular complexity index is 699. The maximum Gasteiger partial charge on any atom is 0.0499 e. The van der Waals surface area contributed by atoms with E-state index < -0.39 is 0 Å². The van der Waals surface area contributed by atoms with Crippen LogP contribution in [-0.2, 0) is 0 Å². The van der Waals surface area contributed by atoms with Crippen molar-refractivity contribution < 1.29 is 0 Å². The topological polar surface area (TPSA) is 24.1 Å². The Morgan fingerprint density at radius 1 is 1.05 bits per heavy atom. The second-order valence-electron chi connectivity index (χ2n) is 5.78. The molecule has 2 aromatic carbocycles. The summed E-state index contributed by atoms with van der Waals surface area (Å²) in [5.74, 6) is 0.555. The molecule has 21 heavy (non-hydrogen) atoms. The highest BCUT2D eigenvalue weighted by Crippen LogP contribution is 2.41. The first kappa shape index (κ1) is 13.4. The largest absolute Gasteiger partial charge is 0.381 e. The Hall–Kier alpha value is -1.22. The number of hydrogen-bond acceptors (Lipinski definition) is 2. The predicted octanol–water partition coefficient (Wildman–Crippen LogP) is 4.53. The Labute approximate surface area is 134 Å². The van der Waals surface area contributed by atoms with Gasteiger partial charge in [0.05, 0.1) is 0 Å². The van der Waals surface area contributed by atoms with Crippen LogP contribution in [0.1, 0.15) is 17.9 Å². The van der Waals surface area contributed by atoms with Crippen molar-refractivity contribution in [3.8, 4) is 11.1 Å². The van der Waals surface area contributed by atoms with Gasteiger partial charge in [0.15, 0.2) is 0 Å². The van der Waals surface area contributed by atoms with Gasteiger partial charge in [0.25, 0.3) is 0 Å². The highest BCUT2D eigenvalue weighted by molar-refractivity contribution is 6.36. The Kier molecular flexibility index (Phi) is 3.33. The Morgan fingerprint density at radius 2 is 1.95 bits per heavy atom. The van der Waals surface area contributed by atoms with Crippen LogP contribution in [0.5, 0.6) is 0 Å². The molecule has 2 aliphatic rings. The molecule has 4 heteroatoms. The lowest BCUT2D eigenvalue weighted by molar-refractivity contribution is 0.440. The zero-order valence-corrected chi connectivity index (χ0v) is 13.0. The molecule has 0 aliphatic carbocycles. The molecule has 0 bridgehead atoms. The highest BCUT2D eigenvalue weighted by atomic mass is 35.5. The van der Waals surface area contributed by atoms with Gasteiger partial charge in [-0.05, 0) is 48.4 Å². The summed E-state index contributed by atoms with van der Waals surface area (Å²) in [5, 5.41) is 8.51. The zero-order chi connectivity index (χ0) is 14.4. The van der Waals surface area contributed by atoms with Crippen LogP contribution in [0, 0.1) is 0 Å². The third-order valence-corrected chi connectivity index (χ3v) is 5.06. The minimum atomic E-state index is 0.555. The molecule has 1 unspecified atom stereocenters. The van der Waals surface area contributed by atoms with E-state index in [1.165, 1.54) is 17.7 Å². The number of rotatable bonds is 1. The minimum Gasteiger partial charge on any atom is -0.381 e. The number of anilines is 1. The normalized spacial score (nSPS) is 23.3. The molecular weight excluding hydrogens is 303 g/mol. The van der Waals surface area contributed by atoms with E-state index in [1.54, 1.807) is 6.07 Å². The standard InChI is InChI=1S/C17H16Cl2N2/c18-11-2-3-12(15(19)8-11)10-1-4-16-13(7-10)14-9-20-6-5-17(14)21-16/h1-4,7-8,14,17,20-21H,5-6,9H2/t14?,17-/m0/s1. The minimum absolute atomic E-state index is 0.555. The molecule has 2 aliphatic heterocycles. The summed E-state index contributed by atoms with van der Waals surface area (Å²) >= 11 is 12.3. The number of halogens is 2. The number of nitrogens with one attached hydrogen (secondary N) is 2. The molecule has 2 atom stereocenters. The van der Waals surface area contributed by atoms with Gasteiger partial charge >= 0.3 is 0 Å². The van der Waals surface area contributed by atoms with E-state index in [1.807, 2.05) is 12.1 Å². The van der Waals surface area contributed by atoms with E-state index in [0.717, 1.165) is 24.2 Å². The molecule has 2 heterocycles. The molecule has 0 amide bonds. The van der Waals surface area contributed by atoms with Crippen LogP contribution in [0.4, 0.5) is 5.69 Å². The fourth-order valence-electron chi connectivity index (χ4n) is 3.45. The van der Waals surface area contributed by atoms with Crippen LogP contribution in [0.15, 0.2) is 36.4 Å². The molecule has 2 aromatic rings. The predicted molar refractivity (Wildman–Crippen MR) is 89.5 cm³/mol. The molecule has 4 rings (SSSR count). The highest BCUT2D eigenvalue weighted by Gasteiger charge is 2.33. The average molecular weight is 319 g/mol. The summed E-state index contributed by atoms with van der Waals surface area (Å²) in [7, 11) is 0. The number of piperidine rings is 1. The molecule has 2 N–H and O–H groups in total. The van der Waals surface area contributed by atoms with Crippen LogP contribution >= 0.6 is 23.2 Å². The molecule has 0 radical (unpaired) electrons. The van der Waals surface area contributed by atoms with Gasteiger partial charge in [0, 0.05) is 39.8 Å². The first-order valence-electron chi connectivity index (χ1n) is 7.29. The summed E-state index contributed by atoms with van der Waals surface area (Å²) in [6, 6.07) is 12.8. The SMILES string of the molecule is Clc1ccc(-c2ccc3c(c2)C2CNCC[C@@H]2N3)c(Cl)c1. The first-order valence-corrected chi connectivity index (χ1v) is 8.04.